The summed E-state index contributed by atoms with van der Waals surface area (Å²) in [6.45, 7) is 7.61. The molecule has 0 saturated carbocycles. The third-order valence-electron chi connectivity index (χ3n) is 5.61. The number of amides is 1. The lowest BCUT2D eigenvalue weighted by Gasteiger charge is -2.36. The summed E-state index contributed by atoms with van der Waals surface area (Å²) in [6, 6.07) is 15.5. The number of hydrogen-bond donors (Lipinski definition) is 1. The van der Waals surface area contributed by atoms with Crippen LogP contribution in [0.3, 0.4) is 0 Å². The molecule has 0 aromatic heterocycles. The Kier molecular flexibility index (Phi) is 7.04. The number of carbonyl (C=O) groups excluding carboxylic acids is 2. The molecule has 5 heteroatoms. The van der Waals surface area contributed by atoms with Gasteiger partial charge in [-0.05, 0) is 50.3 Å². The van der Waals surface area contributed by atoms with Crippen LogP contribution in [-0.4, -0.2) is 36.5 Å². The van der Waals surface area contributed by atoms with Gasteiger partial charge in [0, 0.05) is 18.8 Å². The van der Waals surface area contributed by atoms with E-state index in [1.54, 1.807) is 0 Å². The van der Waals surface area contributed by atoms with Crippen molar-refractivity contribution in [3.8, 4) is 0 Å². The summed E-state index contributed by atoms with van der Waals surface area (Å²) in [4.78, 5) is 27.6. The first-order valence-corrected chi connectivity index (χ1v) is 10.3. The number of ether oxygens (including phenoxy) is 1. The molecule has 1 atom stereocenters. The number of hydrogen-bond acceptors (Lipinski definition) is 4. The molecule has 0 aliphatic carbocycles. The summed E-state index contributed by atoms with van der Waals surface area (Å²) in [5.74, 6) is -0.240. The molecule has 154 valence electrons. The Morgan fingerprint density at radius 3 is 2.24 bits per heavy atom. The van der Waals surface area contributed by atoms with Gasteiger partial charge in [0.2, 0.25) is 5.91 Å². The third-order valence-corrected chi connectivity index (χ3v) is 5.61. The third kappa shape index (κ3) is 5.04. The summed E-state index contributed by atoms with van der Waals surface area (Å²) in [5, 5.41) is 3.16. The van der Waals surface area contributed by atoms with Crippen molar-refractivity contribution in [2.45, 2.75) is 39.7 Å². The van der Waals surface area contributed by atoms with Crippen molar-refractivity contribution in [1.29, 1.82) is 0 Å². The fourth-order valence-electron chi connectivity index (χ4n) is 4.02. The number of likely N-dealkylation sites (tertiary alicyclic amines) is 1. The first kappa shape index (κ1) is 21.1. The topological polar surface area (TPSA) is 58.6 Å². The van der Waals surface area contributed by atoms with E-state index < -0.39 is 6.04 Å². The monoisotopic (exact) mass is 394 g/mol. The number of rotatable bonds is 6. The molecule has 1 saturated heterocycles. The Hall–Kier alpha value is -2.66. The van der Waals surface area contributed by atoms with Crippen LogP contribution in [0, 0.1) is 19.8 Å². The molecule has 3 rings (SSSR count). The molecule has 0 unspecified atom stereocenters. The molecule has 5 nitrogen and oxygen atoms in total. The second kappa shape index (κ2) is 9.70. The van der Waals surface area contributed by atoms with Gasteiger partial charge < -0.3 is 10.1 Å². The van der Waals surface area contributed by atoms with Crippen LogP contribution in [0.4, 0.5) is 5.69 Å². The van der Waals surface area contributed by atoms with Crippen LogP contribution in [-0.2, 0) is 14.3 Å². The number of esters is 1. The van der Waals surface area contributed by atoms with Gasteiger partial charge in [-0.1, -0.05) is 48.5 Å². The van der Waals surface area contributed by atoms with Crippen LogP contribution in [0.25, 0.3) is 0 Å². The minimum atomic E-state index is -0.390. The summed E-state index contributed by atoms with van der Waals surface area (Å²) >= 11 is 0. The van der Waals surface area contributed by atoms with Crippen LogP contribution in [0.1, 0.15) is 42.5 Å². The van der Waals surface area contributed by atoms with E-state index in [1.807, 2.05) is 69.3 Å². The number of nitrogens with one attached hydrogen (secondary N) is 1. The molecule has 1 aliphatic rings. The zero-order valence-electron chi connectivity index (χ0n) is 17.5. The predicted octanol–water partition coefficient (Wildman–Crippen LogP) is 4.26. The second-order valence-electron chi connectivity index (χ2n) is 7.63. The van der Waals surface area contributed by atoms with Crippen LogP contribution < -0.4 is 5.32 Å². The molecule has 1 fully saturated rings. The van der Waals surface area contributed by atoms with Gasteiger partial charge in [0.15, 0.2) is 0 Å². The fourth-order valence-corrected chi connectivity index (χ4v) is 4.02. The highest BCUT2D eigenvalue weighted by Crippen LogP contribution is 2.30. The maximum absolute atomic E-state index is 13.4. The van der Waals surface area contributed by atoms with Crippen molar-refractivity contribution in [2.75, 3.05) is 25.0 Å². The van der Waals surface area contributed by atoms with E-state index in [4.69, 9.17) is 4.74 Å². The minimum Gasteiger partial charge on any atom is -0.466 e. The second-order valence-corrected chi connectivity index (χ2v) is 7.63. The van der Waals surface area contributed by atoms with Gasteiger partial charge in [0.05, 0.1) is 12.5 Å². The standard InChI is InChI=1S/C24H30N2O3/c1-4-29-24(28)20-13-15-26(16-14-20)22(19-11-6-5-7-12-19)23(27)25-21-17(2)9-8-10-18(21)3/h5-12,20,22H,4,13-16H2,1-3H3,(H,25,27)/t22-/m0/s1. The van der Waals surface area contributed by atoms with Gasteiger partial charge in [-0.25, -0.2) is 0 Å². The average molecular weight is 395 g/mol. The molecule has 1 heterocycles. The largest absolute Gasteiger partial charge is 0.466 e. The lowest BCUT2D eigenvalue weighted by Crippen LogP contribution is -2.43. The summed E-state index contributed by atoms with van der Waals surface area (Å²) in [6.07, 6.45) is 1.41. The molecular weight excluding hydrogens is 364 g/mol. The molecule has 0 bridgehead atoms. The average Bonchev–Trinajstić information content (AvgIpc) is 2.72. The van der Waals surface area contributed by atoms with Gasteiger partial charge in [0.25, 0.3) is 0 Å². The molecule has 1 aliphatic heterocycles. The van der Waals surface area contributed by atoms with Crippen molar-refractivity contribution in [3.05, 3.63) is 65.2 Å². The number of aryl methyl sites for hydroxylation is 2. The Morgan fingerprint density at radius 2 is 1.66 bits per heavy atom. The first-order chi connectivity index (χ1) is 14.0. The van der Waals surface area contributed by atoms with Crippen molar-refractivity contribution in [2.24, 2.45) is 5.92 Å². The van der Waals surface area contributed by atoms with E-state index in [0.717, 1.165) is 22.4 Å². The molecule has 2 aromatic rings. The Balaban J connectivity index is 1.79. The van der Waals surface area contributed by atoms with Crippen molar-refractivity contribution in [1.82, 2.24) is 4.90 Å². The lowest BCUT2D eigenvalue weighted by molar-refractivity contribution is -0.149. The predicted molar refractivity (Wildman–Crippen MR) is 115 cm³/mol. The van der Waals surface area contributed by atoms with E-state index in [2.05, 4.69) is 10.2 Å². The fraction of sp³-hybridized carbons (Fsp3) is 0.417. The van der Waals surface area contributed by atoms with E-state index in [9.17, 15) is 9.59 Å². The number of piperidine rings is 1. The number of para-hydroxylation sites is 1. The molecule has 2 aromatic carbocycles. The highest BCUT2D eigenvalue weighted by molar-refractivity contribution is 5.96. The highest BCUT2D eigenvalue weighted by atomic mass is 16.5. The molecule has 1 N–H and O–H groups in total. The number of carbonyl (C=O) groups is 2. The SMILES string of the molecule is CCOC(=O)C1CCN([C@H](C(=O)Nc2c(C)cccc2C)c2ccccc2)CC1. The van der Waals surface area contributed by atoms with Crippen molar-refractivity contribution >= 4 is 17.6 Å². The Bertz CT molecular complexity index is 822. The van der Waals surface area contributed by atoms with Crippen molar-refractivity contribution < 1.29 is 14.3 Å². The molecular formula is C24H30N2O3. The van der Waals surface area contributed by atoms with Gasteiger partial charge in [0.1, 0.15) is 6.04 Å². The van der Waals surface area contributed by atoms with Gasteiger partial charge in [-0.2, -0.15) is 0 Å². The first-order valence-electron chi connectivity index (χ1n) is 10.3. The van der Waals surface area contributed by atoms with E-state index >= 15 is 0 Å². The van der Waals surface area contributed by atoms with Gasteiger partial charge in [-0.3, -0.25) is 14.5 Å². The van der Waals surface area contributed by atoms with Gasteiger partial charge in [-0.15, -0.1) is 0 Å². The Labute approximate surface area is 173 Å². The Morgan fingerprint density at radius 1 is 1.03 bits per heavy atom. The van der Waals surface area contributed by atoms with Crippen LogP contribution in [0.15, 0.2) is 48.5 Å². The smallest absolute Gasteiger partial charge is 0.309 e. The van der Waals surface area contributed by atoms with Gasteiger partial charge >= 0.3 is 5.97 Å². The maximum atomic E-state index is 13.4. The highest BCUT2D eigenvalue weighted by Gasteiger charge is 2.33. The molecule has 1 amide bonds. The van der Waals surface area contributed by atoms with E-state index in [-0.39, 0.29) is 17.8 Å². The zero-order valence-corrected chi connectivity index (χ0v) is 17.5. The zero-order chi connectivity index (χ0) is 20.8. The number of benzene rings is 2. The van der Waals surface area contributed by atoms with Crippen LogP contribution in [0.5, 0.6) is 0 Å². The quantitative estimate of drug-likeness (QED) is 0.744. The maximum Gasteiger partial charge on any atom is 0.309 e. The van der Waals surface area contributed by atoms with Crippen LogP contribution >= 0.6 is 0 Å². The molecule has 29 heavy (non-hydrogen) atoms. The summed E-state index contributed by atoms with van der Waals surface area (Å²) in [5.41, 5.74) is 3.93. The van der Waals surface area contributed by atoms with E-state index in [1.165, 1.54) is 0 Å². The van der Waals surface area contributed by atoms with Crippen molar-refractivity contribution in [3.63, 3.8) is 0 Å². The summed E-state index contributed by atoms with van der Waals surface area (Å²) in [7, 11) is 0. The van der Waals surface area contributed by atoms with E-state index in [0.29, 0.717) is 32.5 Å². The minimum absolute atomic E-state index is 0.0387. The summed E-state index contributed by atoms with van der Waals surface area (Å²) < 4.78 is 5.18. The lowest BCUT2D eigenvalue weighted by atomic mass is 9.93. The molecule has 0 radical (unpaired) electrons. The number of nitrogens with zero attached hydrogens (tertiary/aromatic N) is 1. The van der Waals surface area contributed by atoms with Crippen LogP contribution in [0.2, 0.25) is 0 Å². The normalized spacial score (nSPS) is 16.2. The molecule has 0 spiro atoms. The number of anilines is 1.